The van der Waals surface area contributed by atoms with Gasteiger partial charge in [-0.2, -0.15) is 13.2 Å². The second kappa shape index (κ2) is 5.27. The fourth-order valence-electron chi connectivity index (χ4n) is 1.10. The van der Waals surface area contributed by atoms with Crippen molar-refractivity contribution in [2.75, 3.05) is 13.7 Å². The lowest BCUT2D eigenvalue weighted by molar-refractivity contribution is -0.153. The van der Waals surface area contributed by atoms with E-state index in [2.05, 4.69) is 4.74 Å². The van der Waals surface area contributed by atoms with Crippen LogP contribution in [0.3, 0.4) is 0 Å². The van der Waals surface area contributed by atoms with E-state index in [1.165, 1.54) is 19.2 Å². The highest BCUT2D eigenvalue weighted by atomic mass is 35.5. The summed E-state index contributed by atoms with van der Waals surface area (Å²) in [5.41, 5.74) is 0.186. The molecule has 7 heteroatoms. The van der Waals surface area contributed by atoms with Crippen LogP contribution < -0.4 is 9.47 Å². The molecule has 1 aromatic carbocycles. The number of carbonyl (C=O) groups is 1. The molecule has 1 rings (SSSR count). The molecule has 0 saturated heterocycles. The van der Waals surface area contributed by atoms with Crippen molar-refractivity contribution in [3.05, 3.63) is 22.7 Å². The fourth-order valence-corrected chi connectivity index (χ4v) is 1.38. The van der Waals surface area contributed by atoms with E-state index in [9.17, 15) is 18.0 Å². The highest BCUT2D eigenvalue weighted by Gasteiger charge is 2.29. The lowest BCUT2D eigenvalue weighted by Gasteiger charge is -2.14. The second-order valence-corrected chi connectivity index (χ2v) is 3.46. The zero-order valence-electron chi connectivity index (χ0n) is 8.68. The Balaban J connectivity index is 3.01. The number of rotatable bonds is 4. The third kappa shape index (κ3) is 3.81. The molecule has 0 N–H and O–H groups in total. The summed E-state index contributed by atoms with van der Waals surface area (Å²) < 4.78 is 45.3. The van der Waals surface area contributed by atoms with Crippen molar-refractivity contribution in [1.82, 2.24) is 0 Å². The van der Waals surface area contributed by atoms with Crippen LogP contribution in [0, 0.1) is 0 Å². The molecular formula is C10H8ClF3O3. The molecule has 0 amide bonds. The molecular weight excluding hydrogens is 261 g/mol. The van der Waals surface area contributed by atoms with E-state index in [1.54, 1.807) is 0 Å². The topological polar surface area (TPSA) is 35.5 Å². The molecule has 0 fully saturated rings. The number of hydrogen-bond acceptors (Lipinski definition) is 3. The van der Waals surface area contributed by atoms with Gasteiger partial charge in [-0.1, -0.05) is 11.6 Å². The average molecular weight is 269 g/mol. The van der Waals surface area contributed by atoms with Crippen LogP contribution in [-0.4, -0.2) is 26.2 Å². The van der Waals surface area contributed by atoms with Crippen LogP contribution in [-0.2, 0) is 0 Å². The summed E-state index contributed by atoms with van der Waals surface area (Å²) in [6, 6.07) is 2.44. The minimum Gasteiger partial charge on any atom is -0.493 e. The zero-order valence-corrected chi connectivity index (χ0v) is 9.43. The smallest absolute Gasteiger partial charge is 0.422 e. The number of alkyl halides is 3. The molecule has 0 aliphatic carbocycles. The van der Waals surface area contributed by atoms with Gasteiger partial charge in [0.05, 0.1) is 12.1 Å². The number of aldehydes is 1. The first-order chi connectivity index (χ1) is 7.87. The quantitative estimate of drug-likeness (QED) is 0.787. The third-order valence-corrected chi connectivity index (χ3v) is 2.05. The van der Waals surface area contributed by atoms with Gasteiger partial charge in [-0.25, -0.2) is 0 Å². The maximum absolute atomic E-state index is 12.0. The summed E-state index contributed by atoms with van der Waals surface area (Å²) in [5, 5.41) is -0.115. The van der Waals surface area contributed by atoms with Gasteiger partial charge in [0.1, 0.15) is 6.29 Å². The monoisotopic (exact) mass is 268 g/mol. The van der Waals surface area contributed by atoms with Crippen LogP contribution in [0.1, 0.15) is 10.4 Å². The highest BCUT2D eigenvalue weighted by molar-refractivity contribution is 6.32. The minimum atomic E-state index is -4.47. The fraction of sp³-hybridized carbons (Fsp3) is 0.300. The first-order valence-corrected chi connectivity index (χ1v) is 4.77. The van der Waals surface area contributed by atoms with E-state index in [0.29, 0.717) is 6.29 Å². The van der Waals surface area contributed by atoms with Gasteiger partial charge >= 0.3 is 6.18 Å². The molecule has 0 aromatic heterocycles. The van der Waals surface area contributed by atoms with E-state index >= 15 is 0 Å². The molecule has 3 nitrogen and oxygen atoms in total. The molecule has 0 unspecified atom stereocenters. The van der Waals surface area contributed by atoms with Gasteiger partial charge in [0.15, 0.2) is 18.1 Å². The summed E-state index contributed by atoms with van der Waals surface area (Å²) in [6.45, 7) is -1.48. The Bertz CT molecular complexity index is 418. The molecule has 0 aliphatic heterocycles. The normalized spacial score (nSPS) is 11.1. The number of carbonyl (C=O) groups excluding carboxylic acids is 1. The summed E-state index contributed by atoms with van der Waals surface area (Å²) in [4.78, 5) is 10.5. The number of hydrogen-bond donors (Lipinski definition) is 0. The number of methoxy groups -OCH3 is 1. The molecule has 0 saturated carbocycles. The Kier molecular flexibility index (Phi) is 4.22. The highest BCUT2D eigenvalue weighted by Crippen LogP contribution is 2.36. The summed E-state index contributed by atoms with van der Waals surface area (Å²) in [5.74, 6) is -0.263. The van der Waals surface area contributed by atoms with Crippen molar-refractivity contribution in [2.24, 2.45) is 0 Å². The summed E-state index contributed by atoms with van der Waals surface area (Å²) >= 11 is 5.69. The van der Waals surface area contributed by atoms with Crippen molar-refractivity contribution in [1.29, 1.82) is 0 Å². The predicted molar refractivity (Wildman–Crippen MR) is 54.9 cm³/mol. The van der Waals surface area contributed by atoms with Crippen LogP contribution in [0.15, 0.2) is 12.1 Å². The molecule has 0 atom stereocenters. The lowest BCUT2D eigenvalue weighted by Crippen LogP contribution is -2.19. The number of benzene rings is 1. The summed E-state index contributed by atoms with van der Waals surface area (Å²) in [7, 11) is 1.24. The van der Waals surface area contributed by atoms with E-state index in [1.807, 2.05) is 0 Å². The Morgan fingerprint density at radius 1 is 1.41 bits per heavy atom. The minimum absolute atomic E-state index is 0.0242. The van der Waals surface area contributed by atoms with Crippen molar-refractivity contribution >= 4 is 17.9 Å². The van der Waals surface area contributed by atoms with Gasteiger partial charge < -0.3 is 9.47 Å². The largest absolute Gasteiger partial charge is 0.493 e. The SMILES string of the molecule is COc1cc(C=O)cc(Cl)c1OCC(F)(F)F. The van der Waals surface area contributed by atoms with Crippen LogP contribution in [0.25, 0.3) is 0 Å². The molecule has 0 heterocycles. The maximum atomic E-state index is 12.0. The van der Waals surface area contributed by atoms with Gasteiger partial charge in [-0.15, -0.1) is 0 Å². The molecule has 17 heavy (non-hydrogen) atoms. The predicted octanol–water partition coefficient (Wildman–Crippen LogP) is 3.10. The standard InChI is InChI=1S/C10H8ClF3O3/c1-16-8-3-6(4-15)2-7(11)9(8)17-5-10(12,13)14/h2-4H,5H2,1H3. The van der Waals surface area contributed by atoms with Gasteiger partial charge in [0.2, 0.25) is 0 Å². The van der Waals surface area contributed by atoms with Crippen molar-refractivity contribution in [3.8, 4) is 11.5 Å². The van der Waals surface area contributed by atoms with Crippen molar-refractivity contribution in [3.63, 3.8) is 0 Å². The van der Waals surface area contributed by atoms with Gasteiger partial charge in [0.25, 0.3) is 0 Å². The van der Waals surface area contributed by atoms with E-state index in [-0.39, 0.29) is 22.1 Å². The van der Waals surface area contributed by atoms with Crippen LogP contribution in [0.2, 0.25) is 5.02 Å². The molecule has 0 radical (unpaired) electrons. The van der Waals surface area contributed by atoms with Crippen molar-refractivity contribution < 1.29 is 27.4 Å². The molecule has 0 spiro atoms. The Morgan fingerprint density at radius 2 is 2.06 bits per heavy atom. The van der Waals surface area contributed by atoms with Crippen LogP contribution >= 0.6 is 11.6 Å². The molecule has 94 valence electrons. The number of ether oxygens (including phenoxy) is 2. The first-order valence-electron chi connectivity index (χ1n) is 4.39. The van der Waals surface area contributed by atoms with E-state index in [4.69, 9.17) is 16.3 Å². The molecule has 1 aromatic rings. The van der Waals surface area contributed by atoms with Crippen LogP contribution in [0.4, 0.5) is 13.2 Å². The third-order valence-electron chi connectivity index (χ3n) is 1.77. The van der Waals surface area contributed by atoms with Gasteiger partial charge in [-0.05, 0) is 12.1 Å². The molecule has 0 aliphatic rings. The Hall–Kier alpha value is -1.43. The Labute approximate surface area is 100 Å². The van der Waals surface area contributed by atoms with E-state index in [0.717, 1.165) is 0 Å². The molecule has 0 bridgehead atoms. The van der Waals surface area contributed by atoms with Gasteiger partial charge in [0, 0.05) is 5.56 Å². The average Bonchev–Trinajstić information content (AvgIpc) is 2.25. The zero-order chi connectivity index (χ0) is 13.1. The number of halogens is 4. The first kappa shape index (κ1) is 13.6. The lowest BCUT2D eigenvalue weighted by atomic mass is 10.2. The second-order valence-electron chi connectivity index (χ2n) is 3.06. The van der Waals surface area contributed by atoms with E-state index < -0.39 is 12.8 Å². The summed E-state index contributed by atoms with van der Waals surface area (Å²) in [6.07, 6.45) is -3.97. The Morgan fingerprint density at radius 3 is 2.53 bits per heavy atom. The van der Waals surface area contributed by atoms with Crippen LogP contribution in [0.5, 0.6) is 11.5 Å². The van der Waals surface area contributed by atoms with Crippen molar-refractivity contribution in [2.45, 2.75) is 6.18 Å². The maximum Gasteiger partial charge on any atom is 0.422 e. The van der Waals surface area contributed by atoms with Gasteiger partial charge in [-0.3, -0.25) is 4.79 Å².